The van der Waals surface area contributed by atoms with E-state index in [-0.39, 0.29) is 23.6 Å². The molecule has 1 aromatic carbocycles. The molecule has 0 aromatic heterocycles. The third-order valence-corrected chi connectivity index (χ3v) is 5.30. The van der Waals surface area contributed by atoms with E-state index >= 15 is 0 Å². The van der Waals surface area contributed by atoms with Crippen LogP contribution in [0.4, 0.5) is 0 Å². The summed E-state index contributed by atoms with van der Waals surface area (Å²) < 4.78 is 10.5. The number of hydrogen-bond donors (Lipinski definition) is 2. The first-order valence-electron chi connectivity index (χ1n) is 9.47. The van der Waals surface area contributed by atoms with Gasteiger partial charge in [-0.25, -0.2) is 4.79 Å². The van der Waals surface area contributed by atoms with Crippen LogP contribution in [0.2, 0.25) is 0 Å². The van der Waals surface area contributed by atoms with Crippen LogP contribution in [0.3, 0.4) is 0 Å². The summed E-state index contributed by atoms with van der Waals surface area (Å²) in [6.45, 7) is 7.86. The Labute approximate surface area is 165 Å². The SMILES string of the molecule is CCOC(=O)C1=C(C)NC2=C(C(=O)CC(C)(C)C2)[C@@H]1c1cccc(OC)c1O. The summed E-state index contributed by atoms with van der Waals surface area (Å²) >= 11 is 0. The Balaban J connectivity index is 2.24. The lowest BCUT2D eigenvalue weighted by Crippen LogP contribution is -2.38. The van der Waals surface area contributed by atoms with Crippen LogP contribution in [0.25, 0.3) is 0 Å². The van der Waals surface area contributed by atoms with Gasteiger partial charge >= 0.3 is 5.97 Å². The molecule has 0 fully saturated rings. The average molecular weight is 385 g/mol. The molecule has 6 nitrogen and oxygen atoms in total. The lowest BCUT2D eigenvalue weighted by molar-refractivity contribution is -0.138. The van der Waals surface area contributed by atoms with Crippen LogP contribution in [0, 0.1) is 5.41 Å². The van der Waals surface area contributed by atoms with Gasteiger partial charge in [0.25, 0.3) is 0 Å². The lowest BCUT2D eigenvalue weighted by Gasteiger charge is -2.39. The number of hydrogen-bond acceptors (Lipinski definition) is 6. The summed E-state index contributed by atoms with van der Waals surface area (Å²) in [5.74, 6) is -1.00. The van der Waals surface area contributed by atoms with Gasteiger partial charge in [0.2, 0.25) is 0 Å². The fourth-order valence-electron chi connectivity index (χ4n) is 4.16. The molecular weight excluding hydrogens is 358 g/mol. The van der Waals surface area contributed by atoms with Crippen molar-refractivity contribution in [2.24, 2.45) is 5.41 Å². The molecule has 1 aliphatic heterocycles. The maximum absolute atomic E-state index is 13.1. The predicted octanol–water partition coefficient (Wildman–Crippen LogP) is 3.57. The molecule has 2 aliphatic rings. The molecule has 150 valence electrons. The van der Waals surface area contributed by atoms with Crippen LogP contribution >= 0.6 is 0 Å². The summed E-state index contributed by atoms with van der Waals surface area (Å²) in [4.78, 5) is 25.9. The van der Waals surface area contributed by atoms with Crippen molar-refractivity contribution in [3.8, 4) is 11.5 Å². The Morgan fingerprint density at radius 1 is 1.32 bits per heavy atom. The number of para-hydroxylation sites is 1. The number of ketones is 1. The Bertz CT molecular complexity index is 894. The van der Waals surface area contributed by atoms with E-state index in [4.69, 9.17) is 9.47 Å². The molecule has 0 unspecified atom stereocenters. The molecule has 0 saturated carbocycles. The summed E-state index contributed by atoms with van der Waals surface area (Å²) in [5.41, 5.74) is 2.59. The summed E-state index contributed by atoms with van der Waals surface area (Å²) in [6.07, 6.45) is 1.06. The van der Waals surface area contributed by atoms with E-state index < -0.39 is 11.9 Å². The number of carbonyl (C=O) groups excluding carboxylic acids is 2. The second-order valence-corrected chi connectivity index (χ2v) is 8.05. The Morgan fingerprint density at radius 3 is 2.68 bits per heavy atom. The number of methoxy groups -OCH3 is 1. The molecule has 6 heteroatoms. The van der Waals surface area contributed by atoms with E-state index in [1.54, 1.807) is 32.0 Å². The number of benzene rings is 1. The first kappa shape index (κ1) is 20.0. The molecule has 1 heterocycles. The molecule has 0 amide bonds. The highest BCUT2D eigenvalue weighted by atomic mass is 16.5. The van der Waals surface area contributed by atoms with Gasteiger partial charge in [-0.2, -0.15) is 0 Å². The maximum atomic E-state index is 13.1. The first-order chi connectivity index (χ1) is 13.2. The summed E-state index contributed by atoms with van der Waals surface area (Å²) in [6, 6.07) is 5.10. The molecule has 0 radical (unpaired) electrons. The number of carbonyl (C=O) groups is 2. The predicted molar refractivity (Wildman–Crippen MR) is 105 cm³/mol. The van der Waals surface area contributed by atoms with Gasteiger partial charge in [0.1, 0.15) is 0 Å². The molecule has 1 aliphatic carbocycles. The molecule has 0 saturated heterocycles. The molecule has 28 heavy (non-hydrogen) atoms. The molecule has 0 spiro atoms. The Kier molecular flexibility index (Phi) is 5.24. The minimum atomic E-state index is -0.700. The average Bonchev–Trinajstić information content (AvgIpc) is 2.59. The summed E-state index contributed by atoms with van der Waals surface area (Å²) in [5, 5.41) is 14.0. The van der Waals surface area contributed by atoms with Gasteiger partial charge in [0.05, 0.1) is 25.2 Å². The Hall–Kier alpha value is -2.76. The standard InChI is InChI=1S/C22H27NO5/c1-6-28-21(26)17-12(2)23-14-10-22(3,4)11-15(24)19(14)18(17)13-8-7-9-16(27-5)20(13)25/h7-9,18,23,25H,6,10-11H2,1-5H3/t18-/m1/s1. The number of ether oxygens (including phenoxy) is 2. The third-order valence-electron chi connectivity index (χ3n) is 5.30. The van der Waals surface area contributed by atoms with Crippen LogP contribution < -0.4 is 10.1 Å². The second-order valence-electron chi connectivity index (χ2n) is 8.05. The number of allylic oxidation sites excluding steroid dienone is 3. The van der Waals surface area contributed by atoms with E-state index in [9.17, 15) is 14.7 Å². The van der Waals surface area contributed by atoms with Crippen LogP contribution in [-0.4, -0.2) is 30.6 Å². The highest BCUT2D eigenvalue weighted by Gasteiger charge is 2.44. The van der Waals surface area contributed by atoms with Crippen LogP contribution in [0.1, 0.15) is 52.0 Å². The van der Waals surface area contributed by atoms with E-state index in [0.717, 1.165) is 5.70 Å². The van der Waals surface area contributed by atoms with E-state index in [2.05, 4.69) is 5.32 Å². The quantitative estimate of drug-likeness (QED) is 0.771. The Morgan fingerprint density at radius 2 is 2.04 bits per heavy atom. The van der Waals surface area contributed by atoms with Crippen molar-refractivity contribution in [3.63, 3.8) is 0 Å². The summed E-state index contributed by atoms with van der Waals surface area (Å²) in [7, 11) is 1.47. The lowest BCUT2D eigenvalue weighted by atomic mass is 9.68. The van der Waals surface area contributed by atoms with Crippen molar-refractivity contribution in [2.45, 2.75) is 46.5 Å². The number of phenolic OH excluding ortho intramolecular Hbond substituents is 1. The van der Waals surface area contributed by atoms with Crippen LogP contribution in [0.15, 0.2) is 40.7 Å². The normalized spacial score (nSPS) is 21.2. The molecular formula is C22H27NO5. The number of dihydropyridines is 1. The van der Waals surface area contributed by atoms with Crippen LogP contribution in [0.5, 0.6) is 11.5 Å². The highest BCUT2D eigenvalue weighted by Crippen LogP contribution is 2.49. The smallest absolute Gasteiger partial charge is 0.336 e. The highest BCUT2D eigenvalue weighted by molar-refractivity contribution is 6.04. The molecule has 3 rings (SSSR count). The van der Waals surface area contributed by atoms with Crippen molar-refractivity contribution in [2.75, 3.05) is 13.7 Å². The van der Waals surface area contributed by atoms with Gasteiger partial charge in [-0.1, -0.05) is 26.0 Å². The fraction of sp³-hybridized carbons (Fsp3) is 0.455. The van der Waals surface area contributed by atoms with Crippen molar-refractivity contribution in [1.29, 1.82) is 0 Å². The van der Waals surface area contributed by atoms with Crippen molar-refractivity contribution in [3.05, 3.63) is 46.3 Å². The number of esters is 1. The van der Waals surface area contributed by atoms with Crippen LogP contribution in [-0.2, 0) is 14.3 Å². The zero-order valence-corrected chi connectivity index (χ0v) is 17.0. The maximum Gasteiger partial charge on any atom is 0.336 e. The van der Waals surface area contributed by atoms with Gasteiger partial charge in [0.15, 0.2) is 17.3 Å². The largest absolute Gasteiger partial charge is 0.504 e. The minimum absolute atomic E-state index is 0.0275. The number of aromatic hydroxyl groups is 1. The van der Waals surface area contributed by atoms with Gasteiger partial charge in [-0.3, -0.25) is 4.79 Å². The molecule has 1 atom stereocenters. The molecule has 1 aromatic rings. The van der Waals surface area contributed by atoms with E-state index in [0.29, 0.717) is 41.0 Å². The number of Topliss-reactive ketones (excluding diaryl/α,β-unsaturated/α-hetero) is 1. The zero-order valence-electron chi connectivity index (χ0n) is 17.0. The zero-order chi connectivity index (χ0) is 20.6. The number of nitrogens with one attached hydrogen (secondary N) is 1. The van der Waals surface area contributed by atoms with E-state index in [1.807, 2.05) is 13.8 Å². The molecule has 2 N–H and O–H groups in total. The van der Waals surface area contributed by atoms with Gasteiger partial charge in [0, 0.05) is 29.0 Å². The van der Waals surface area contributed by atoms with Gasteiger partial charge in [-0.15, -0.1) is 0 Å². The van der Waals surface area contributed by atoms with Gasteiger partial charge in [-0.05, 0) is 31.7 Å². The number of rotatable bonds is 4. The van der Waals surface area contributed by atoms with Crippen molar-refractivity contribution >= 4 is 11.8 Å². The molecule has 0 bridgehead atoms. The van der Waals surface area contributed by atoms with Crippen molar-refractivity contribution < 1.29 is 24.2 Å². The second kappa shape index (κ2) is 7.34. The third kappa shape index (κ3) is 3.39. The van der Waals surface area contributed by atoms with Gasteiger partial charge < -0.3 is 19.9 Å². The number of phenols is 1. The van der Waals surface area contributed by atoms with E-state index in [1.165, 1.54) is 7.11 Å². The topological polar surface area (TPSA) is 84.9 Å². The fourth-order valence-corrected chi connectivity index (χ4v) is 4.16. The first-order valence-corrected chi connectivity index (χ1v) is 9.47. The minimum Gasteiger partial charge on any atom is -0.504 e. The van der Waals surface area contributed by atoms with Crippen molar-refractivity contribution in [1.82, 2.24) is 5.32 Å². The monoisotopic (exact) mass is 385 g/mol.